The highest BCUT2D eigenvalue weighted by molar-refractivity contribution is 7.14. The van der Waals surface area contributed by atoms with Gasteiger partial charge in [0.1, 0.15) is 10.6 Å². The number of ether oxygens (including phenoxy) is 2. The Labute approximate surface area is 163 Å². The van der Waals surface area contributed by atoms with Gasteiger partial charge in [-0.2, -0.15) is 0 Å². The summed E-state index contributed by atoms with van der Waals surface area (Å²) in [7, 11) is 3.29. The Balaban J connectivity index is 1.54. The van der Waals surface area contributed by atoms with E-state index in [1.807, 2.05) is 30.3 Å². The summed E-state index contributed by atoms with van der Waals surface area (Å²) < 4.78 is 10.6. The molecule has 3 rings (SSSR count). The summed E-state index contributed by atoms with van der Waals surface area (Å²) in [5, 5.41) is 0. The fourth-order valence-electron chi connectivity index (χ4n) is 3.29. The van der Waals surface area contributed by atoms with Gasteiger partial charge >= 0.3 is 5.97 Å². The molecule has 27 heavy (non-hydrogen) atoms. The third-order valence-electron chi connectivity index (χ3n) is 4.88. The van der Waals surface area contributed by atoms with Crippen LogP contribution in [0.15, 0.2) is 30.3 Å². The lowest BCUT2D eigenvalue weighted by Crippen LogP contribution is -2.30. The number of hydrogen-bond acceptors (Lipinski definition) is 5. The van der Waals surface area contributed by atoms with Gasteiger partial charge in [0.15, 0.2) is 6.61 Å². The van der Waals surface area contributed by atoms with Crippen LogP contribution in [0.4, 0.5) is 0 Å². The van der Waals surface area contributed by atoms with Gasteiger partial charge in [0.05, 0.1) is 7.11 Å². The molecule has 1 amide bonds. The Morgan fingerprint density at radius 1 is 1.30 bits per heavy atom. The monoisotopic (exact) mass is 387 g/mol. The lowest BCUT2D eigenvalue weighted by Gasteiger charge is -2.18. The van der Waals surface area contributed by atoms with Crippen molar-refractivity contribution in [1.82, 2.24) is 4.90 Å². The third-order valence-corrected chi connectivity index (χ3v) is 6.10. The molecule has 6 heteroatoms. The molecule has 144 valence electrons. The molecule has 0 N–H and O–H groups in total. The maximum absolute atomic E-state index is 12.3. The second kappa shape index (κ2) is 8.57. The van der Waals surface area contributed by atoms with Crippen molar-refractivity contribution in [3.8, 4) is 5.75 Å². The van der Waals surface area contributed by atoms with Gasteiger partial charge in [0, 0.05) is 24.0 Å². The van der Waals surface area contributed by atoms with Crippen molar-refractivity contribution in [3.63, 3.8) is 0 Å². The van der Waals surface area contributed by atoms with Crippen LogP contribution in [0.25, 0.3) is 0 Å². The average Bonchev–Trinajstić information content (AvgIpc) is 3.09. The van der Waals surface area contributed by atoms with Gasteiger partial charge in [-0.25, -0.2) is 4.79 Å². The van der Waals surface area contributed by atoms with E-state index in [0.29, 0.717) is 17.3 Å². The van der Waals surface area contributed by atoms with E-state index in [1.54, 1.807) is 14.2 Å². The van der Waals surface area contributed by atoms with Gasteiger partial charge in [-0.15, -0.1) is 11.3 Å². The molecule has 1 aromatic heterocycles. The van der Waals surface area contributed by atoms with Crippen LogP contribution in [0.1, 0.15) is 39.0 Å². The number of hydrogen-bond donors (Lipinski definition) is 0. The van der Waals surface area contributed by atoms with Crippen LogP contribution in [0.3, 0.4) is 0 Å². The molecular weight excluding hydrogens is 362 g/mol. The van der Waals surface area contributed by atoms with Crippen LogP contribution in [0.2, 0.25) is 0 Å². The third kappa shape index (κ3) is 4.69. The van der Waals surface area contributed by atoms with Crippen LogP contribution >= 0.6 is 11.3 Å². The average molecular weight is 388 g/mol. The van der Waals surface area contributed by atoms with E-state index in [9.17, 15) is 9.59 Å². The fraction of sp³-hybridized carbons (Fsp3) is 0.429. The smallest absolute Gasteiger partial charge is 0.348 e. The summed E-state index contributed by atoms with van der Waals surface area (Å²) in [6.07, 6.45) is 3.20. The normalized spacial score (nSPS) is 15.7. The molecule has 0 aliphatic heterocycles. The first kappa shape index (κ1) is 19.4. The summed E-state index contributed by atoms with van der Waals surface area (Å²) in [4.78, 5) is 28.1. The maximum Gasteiger partial charge on any atom is 0.348 e. The van der Waals surface area contributed by atoms with Crippen LogP contribution in [0, 0.1) is 5.92 Å². The van der Waals surface area contributed by atoms with Gasteiger partial charge in [0.25, 0.3) is 5.91 Å². The second-order valence-electron chi connectivity index (χ2n) is 7.04. The Kier molecular flexibility index (Phi) is 6.16. The van der Waals surface area contributed by atoms with Crippen LogP contribution in [0.5, 0.6) is 5.75 Å². The number of para-hydroxylation sites is 1. The van der Waals surface area contributed by atoms with Crippen molar-refractivity contribution >= 4 is 23.2 Å². The zero-order valence-electron chi connectivity index (χ0n) is 16.0. The Hall–Kier alpha value is -2.34. The fourth-order valence-corrected chi connectivity index (χ4v) is 4.39. The van der Waals surface area contributed by atoms with E-state index in [2.05, 4.69) is 6.92 Å². The molecule has 2 aromatic rings. The Bertz CT molecular complexity index is 829. The van der Waals surface area contributed by atoms with Gasteiger partial charge < -0.3 is 14.4 Å². The zero-order valence-corrected chi connectivity index (χ0v) is 16.8. The molecule has 0 bridgehead atoms. The number of esters is 1. The van der Waals surface area contributed by atoms with Gasteiger partial charge in [-0.1, -0.05) is 25.1 Å². The molecule has 0 fully saturated rings. The topological polar surface area (TPSA) is 55.8 Å². The van der Waals surface area contributed by atoms with Crippen LogP contribution in [-0.4, -0.2) is 37.5 Å². The highest BCUT2D eigenvalue weighted by Gasteiger charge is 2.22. The summed E-state index contributed by atoms with van der Waals surface area (Å²) >= 11 is 1.50. The molecule has 1 heterocycles. The van der Waals surface area contributed by atoms with Gasteiger partial charge in [-0.05, 0) is 42.9 Å². The number of aryl methyl sites for hydroxylation is 1. The van der Waals surface area contributed by atoms with Crippen molar-refractivity contribution in [2.75, 3.05) is 20.8 Å². The molecule has 0 saturated carbocycles. The molecule has 0 unspecified atom stereocenters. The standard InChI is InChI=1S/C21H25NO4S/c1-14-8-9-18-16(10-14)11-19(27-18)21(24)26-13-20(23)22(2)12-15-6-4-5-7-17(15)25-3/h4-7,11,14H,8-10,12-13H2,1-3H3/t14-/m1/s1. The largest absolute Gasteiger partial charge is 0.496 e. The summed E-state index contributed by atoms with van der Waals surface area (Å²) in [6.45, 7) is 2.36. The highest BCUT2D eigenvalue weighted by atomic mass is 32.1. The molecular formula is C21H25NO4S. The molecule has 1 aliphatic rings. The predicted molar refractivity (Wildman–Crippen MR) is 105 cm³/mol. The number of likely N-dealkylation sites (N-methyl/N-ethyl adjacent to an activating group) is 1. The van der Waals surface area contributed by atoms with Crippen LogP contribution < -0.4 is 4.74 Å². The van der Waals surface area contributed by atoms with Gasteiger partial charge in [-0.3, -0.25) is 4.79 Å². The number of fused-ring (bicyclic) bond motifs is 1. The molecule has 5 nitrogen and oxygen atoms in total. The van der Waals surface area contributed by atoms with Crippen molar-refractivity contribution in [2.45, 2.75) is 32.7 Å². The van der Waals surface area contributed by atoms with E-state index in [4.69, 9.17) is 9.47 Å². The minimum atomic E-state index is -0.416. The zero-order chi connectivity index (χ0) is 19.4. The maximum atomic E-state index is 12.3. The highest BCUT2D eigenvalue weighted by Crippen LogP contribution is 2.32. The molecule has 0 saturated heterocycles. The lowest BCUT2D eigenvalue weighted by molar-refractivity contribution is -0.133. The molecule has 1 atom stereocenters. The number of nitrogens with zero attached hydrogens (tertiary/aromatic N) is 1. The first-order chi connectivity index (χ1) is 13.0. The van der Waals surface area contributed by atoms with Crippen LogP contribution in [-0.2, 0) is 28.9 Å². The predicted octanol–water partition coefficient (Wildman–Crippen LogP) is 3.70. The first-order valence-corrected chi connectivity index (χ1v) is 9.94. The minimum absolute atomic E-state index is 0.246. The quantitative estimate of drug-likeness (QED) is 0.709. The van der Waals surface area contributed by atoms with E-state index >= 15 is 0 Å². The molecule has 0 spiro atoms. The lowest BCUT2D eigenvalue weighted by atomic mass is 9.90. The van der Waals surface area contributed by atoms with Crippen molar-refractivity contribution in [1.29, 1.82) is 0 Å². The number of carbonyl (C=O) groups is 2. The van der Waals surface area contributed by atoms with E-state index in [0.717, 1.165) is 30.6 Å². The minimum Gasteiger partial charge on any atom is -0.496 e. The number of thiophene rings is 1. The Morgan fingerprint density at radius 2 is 2.07 bits per heavy atom. The summed E-state index contributed by atoms with van der Waals surface area (Å²) in [5.41, 5.74) is 2.16. The first-order valence-electron chi connectivity index (χ1n) is 9.12. The van der Waals surface area contributed by atoms with Crippen molar-refractivity contribution < 1.29 is 19.1 Å². The number of benzene rings is 1. The van der Waals surface area contributed by atoms with Gasteiger partial charge in [0.2, 0.25) is 0 Å². The van der Waals surface area contributed by atoms with E-state index in [-0.39, 0.29) is 12.5 Å². The SMILES string of the molecule is COc1ccccc1CN(C)C(=O)COC(=O)c1cc2c(s1)CC[C@@H](C)C2. The van der Waals surface area contributed by atoms with Crippen molar-refractivity contribution in [2.24, 2.45) is 5.92 Å². The van der Waals surface area contributed by atoms with E-state index in [1.165, 1.54) is 26.7 Å². The number of methoxy groups -OCH3 is 1. The Morgan fingerprint density at radius 3 is 2.85 bits per heavy atom. The molecule has 1 aromatic carbocycles. The number of rotatable bonds is 6. The molecule has 0 radical (unpaired) electrons. The number of carbonyl (C=O) groups excluding carboxylic acids is 2. The van der Waals surface area contributed by atoms with Crippen molar-refractivity contribution in [3.05, 3.63) is 51.2 Å². The molecule has 1 aliphatic carbocycles. The number of amides is 1. The summed E-state index contributed by atoms with van der Waals surface area (Å²) in [6, 6.07) is 9.48. The second-order valence-corrected chi connectivity index (χ2v) is 8.18. The van der Waals surface area contributed by atoms with E-state index < -0.39 is 5.97 Å². The summed E-state index contributed by atoms with van der Waals surface area (Å²) in [5.74, 6) is 0.721.